The number of benzene rings is 1. The molecule has 1 saturated heterocycles. The van der Waals surface area contributed by atoms with Crippen LogP contribution in [-0.2, 0) is 0 Å². The van der Waals surface area contributed by atoms with Gasteiger partial charge in [0.1, 0.15) is 5.75 Å². The molecule has 22 heavy (non-hydrogen) atoms. The number of hydrogen-bond acceptors (Lipinski definition) is 3. The molecule has 1 aromatic carbocycles. The summed E-state index contributed by atoms with van der Waals surface area (Å²) < 4.78 is 30.0. The van der Waals surface area contributed by atoms with Crippen molar-refractivity contribution in [3.8, 4) is 5.75 Å². The van der Waals surface area contributed by atoms with Gasteiger partial charge in [-0.05, 0) is 18.4 Å². The molecular weight excluding hydrogens is 310 g/mol. The first-order valence-corrected chi connectivity index (χ1v) is 7.72. The molecule has 1 aliphatic heterocycles. The lowest BCUT2D eigenvalue weighted by atomic mass is 9.97. The van der Waals surface area contributed by atoms with E-state index in [2.05, 4.69) is 10.2 Å². The average Bonchev–Trinajstić information content (AvgIpc) is 3.30. The fourth-order valence-corrected chi connectivity index (χ4v) is 3.09. The highest BCUT2D eigenvalue weighted by Crippen LogP contribution is 2.42. The summed E-state index contributed by atoms with van der Waals surface area (Å²) in [5, 5.41) is 3.34. The molecule has 0 unspecified atom stereocenters. The minimum Gasteiger partial charge on any atom is -0.434 e. The monoisotopic (exact) mass is 332 g/mol. The van der Waals surface area contributed by atoms with E-state index >= 15 is 0 Å². The van der Waals surface area contributed by atoms with Crippen molar-refractivity contribution in [3.05, 3.63) is 29.8 Å². The first-order valence-electron chi connectivity index (χ1n) is 7.72. The first kappa shape index (κ1) is 17.4. The molecule has 0 aromatic heterocycles. The molecule has 124 valence electrons. The maximum Gasteiger partial charge on any atom is 0.387 e. The molecule has 1 aliphatic carbocycles. The Morgan fingerprint density at radius 1 is 1.18 bits per heavy atom. The minimum absolute atomic E-state index is 0. The van der Waals surface area contributed by atoms with E-state index in [1.54, 1.807) is 12.1 Å². The van der Waals surface area contributed by atoms with E-state index in [0.717, 1.165) is 44.1 Å². The van der Waals surface area contributed by atoms with Crippen molar-refractivity contribution in [1.29, 1.82) is 0 Å². The van der Waals surface area contributed by atoms with Crippen LogP contribution in [0.5, 0.6) is 5.75 Å². The zero-order valence-electron chi connectivity index (χ0n) is 12.5. The number of rotatable bonds is 6. The van der Waals surface area contributed by atoms with Crippen LogP contribution in [-0.4, -0.2) is 37.7 Å². The van der Waals surface area contributed by atoms with E-state index in [1.165, 1.54) is 12.8 Å². The van der Waals surface area contributed by atoms with Crippen molar-refractivity contribution in [1.82, 2.24) is 10.2 Å². The van der Waals surface area contributed by atoms with Crippen LogP contribution in [0.25, 0.3) is 0 Å². The van der Waals surface area contributed by atoms with Gasteiger partial charge in [-0.1, -0.05) is 31.0 Å². The lowest BCUT2D eigenvalue weighted by Crippen LogP contribution is -2.45. The SMILES string of the molecule is Cl.FC(F)Oc1ccccc1[C@@H](CC1CC1)N1CCNCC1. The van der Waals surface area contributed by atoms with Gasteiger partial charge in [-0.25, -0.2) is 0 Å². The van der Waals surface area contributed by atoms with Gasteiger partial charge in [-0.2, -0.15) is 8.78 Å². The predicted molar refractivity (Wildman–Crippen MR) is 84.8 cm³/mol. The molecule has 1 N–H and O–H groups in total. The third kappa shape index (κ3) is 4.54. The normalized spacial score (nSPS) is 20.5. The van der Waals surface area contributed by atoms with Crippen LogP contribution in [0.15, 0.2) is 24.3 Å². The molecule has 0 radical (unpaired) electrons. The first-order chi connectivity index (χ1) is 10.2. The summed E-state index contributed by atoms with van der Waals surface area (Å²) in [6, 6.07) is 7.45. The highest BCUT2D eigenvalue weighted by atomic mass is 35.5. The fraction of sp³-hybridized carbons (Fsp3) is 0.625. The Balaban J connectivity index is 0.00000176. The van der Waals surface area contributed by atoms with E-state index < -0.39 is 6.61 Å². The topological polar surface area (TPSA) is 24.5 Å². The molecule has 1 saturated carbocycles. The van der Waals surface area contributed by atoms with Gasteiger partial charge in [0.2, 0.25) is 0 Å². The third-order valence-electron chi connectivity index (χ3n) is 4.34. The molecule has 0 bridgehead atoms. The summed E-state index contributed by atoms with van der Waals surface area (Å²) in [6.07, 6.45) is 3.57. The smallest absolute Gasteiger partial charge is 0.387 e. The maximum atomic E-state index is 12.6. The number of nitrogens with one attached hydrogen (secondary N) is 1. The predicted octanol–water partition coefficient (Wildman–Crippen LogP) is 3.46. The molecule has 1 aromatic rings. The van der Waals surface area contributed by atoms with Crippen LogP contribution in [0.1, 0.15) is 30.9 Å². The Hall–Kier alpha value is -0.910. The van der Waals surface area contributed by atoms with Crippen molar-refractivity contribution in [3.63, 3.8) is 0 Å². The van der Waals surface area contributed by atoms with Crippen LogP contribution in [0, 0.1) is 5.92 Å². The van der Waals surface area contributed by atoms with E-state index in [4.69, 9.17) is 4.74 Å². The van der Waals surface area contributed by atoms with Gasteiger partial charge < -0.3 is 10.1 Å². The Labute approximate surface area is 136 Å². The second-order valence-corrected chi connectivity index (χ2v) is 5.90. The van der Waals surface area contributed by atoms with Crippen molar-refractivity contribution < 1.29 is 13.5 Å². The molecule has 1 atom stereocenters. The van der Waals surface area contributed by atoms with E-state index in [-0.39, 0.29) is 18.4 Å². The van der Waals surface area contributed by atoms with Crippen molar-refractivity contribution in [2.24, 2.45) is 5.92 Å². The van der Waals surface area contributed by atoms with Crippen molar-refractivity contribution in [2.45, 2.75) is 31.9 Å². The van der Waals surface area contributed by atoms with Crippen LogP contribution in [0.2, 0.25) is 0 Å². The number of para-hydroxylation sites is 1. The van der Waals surface area contributed by atoms with Crippen LogP contribution >= 0.6 is 12.4 Å². The van der Waals surface area contributed by atoms with Crippen LogP contribution < -0.4 is 10.1 Å². The number of alkyl halides is 2. The number of hydrogen-bond donors (Lipinski definition) is 1. The number of ether oxygens (including phenoxy) is 1. The second kappa shape index (κ2) is 8.09. The van der Waals surface area contributed by atoms with Gasteiger partial charge in [0.15, 0.2) is 0 Å². The molecule has 2 fully saturated rings. The molecule has 0 amide bonds. The van der Waals surface area contributed by atoms with Gasteiger partial charge in [-0.15, -0.1) is 12.4 Å². The third-order valence-corrected chi connectivity index (χ3v) is 4.34. The van der Waals surface area contributed by atoms with E-state index in [9.17, 15) is 8.78 Å². The van der Waals surface area contributed by atoms with Crippen molar-refractivity contribution in [2.75, 3.05) is 26.2 Å². The summed E-state index contributed by atoms with van der Waals surface area (Å²) in [4.78, 5) is 2.41. The molecular formula is C16H23ClF2N2O. The molecule has 3 rings (SSSR count). The van der Waals surface area contributed by atoms with Crippen LogP contribution in [0.4, 0.5) is 8.78 Å². The summed E-state index contributed by atoms with van der Waals surface area (Å²) in [7, 11) is 0. The Morgan fingerprint density at radius 2 is 1.86 bits per heavy atom. The summed E-state index contributed by atoms with van der Waals surface area (Å²) >= 11 is 0. The quantitative estimate of drug-likeness (QED) is 0.863. The highest BCUT2D eigenvalue weighted by Gasteiger charge is 2.32. The second-order valence-electron chi connectivity index (χ2n) is 5.90. The molecule has 3 nitrogen and oxygen atoms in total. The minimum atomic E-state index is -2.77. The summed E-state index contributed by atoms with van der Waals surface area (Å²) in [6.45, 7) is 1.06. The lowest BCUT2D eigenvalue weighted by Gasteiger charge is -2.36. The molecule has 6 heteroatoms. The summed E-state index contributed by atoms with van der Waals surface area (Å²) in [5.41, 5.74) is 0.909. The Bertz CT molecular complexity index is 465. The zero-order valence-corrected chi connectivity index (χ0v) is 13.3. The number of halogens is 3. The maximum absolute atomic E-state index is 12.6. The van der Waals surface area contributed by atoms with Gasteiger partial charge in [0.05, 0.1) is 0 Å². The van der Waals surface area contributed by atoms with Crippen LogP contribution in [0.3, 0.4) is 0 Å². The van der Waals surface area contributed by atoms with Gasteiger partial charge in [-0.3, -0.25) is 4.90 Å². The van der Waals surface area contributed by atoms with Gasteiger partial charge in [0.25, 0.3) is 0 Å². The Kier molecular flexibility index (Phi) is 6.41. The largest absolute Gasteiger partial charge is 0.434 e. The molecule has 2 aliphatic rings. The molecule has 1 heterocycles. The standard InChI is InChI=1S/C16H22F2N2O.ClH/c17-16(18)21-15-4-2-1-3-13(15)14(11-12-5-6-12)20-9-7-19-8-10-20;/h1-4,12,14,16,19H,5-11H2;1H/t14-;/m1./s1. The van der Waals surface area contributed by atoms with Gasteiger partial charge in [0, 0.05) is 37.8 Å². The summed E-state index contributed by atoms with van der Waals surface area (Å²) in [5.74, 6) is 1.07. The number of piperazine rings is 1. The van der Waals surface area contributed by atoms with Crippen molar-refractivity contribution >= 4 is 12.4 Å². The fourth-order valence-electron chi connectivity index (χ4n) is 3.09. The zero-order chi connectivity index (χ0) is 14.7. The Morgan fingerprint density at radius 3 is 2.50 bits per heavy atom. The molecule has 0 spiro atoms. The van der Waals surface area contributed by atoms with E-state index in [1.807, 2.05) is 12.1 Å². The van der Waals surface area contributed by atoms with E-state index in [0.29, 0.717) is 5.75 Å². The highest BCUT2D eigenvalue weighted by molar-refractivity contribution is 5.85. The van der Waals surface area contributed by atoms with Gasteiger partial charge >= 0.3 is 6.61 Å². The lowest BCUT2D eigenvalue weighted by molar-refractivity contribution is -0.0513. The average molecular weight is 333 g/mol. The number of nitrogens with zero attached hydrogens (tertiary/aromatic N) is 1.